The first-order chi connectivity index (χ1) is 16.1. The Bertz CT molecular complexity index is 1060. The fourth-order valence-corrected chi connectivity index (χ4v) is 5.64. The summed E-state index contributed by atoms with van der Waals surface area (Å²) in [6.07, 6.45) is 5.43. The zero-order valence-electron chi connectivity index (χ0n) is 19.3. The molecule has 176 valence electrons. The maximum atomic E-state index is 13.6. The largest absolute Gasteiger partial charge is 0.378 e. The molecule has 3 aliphatic rings. The van der Waals surface area contributed by atoms with Crippen LogP contribution in [0.2, 0.25) is 0 Å². The Labute approximate surface area is 194 Å². The third-order valence-corrected chi connectivity index (χ3v) is 7.43. The van der Waals surface area contributed by atoms with Crippen molar-refractivity contribution < 1.29 is 14.3 Å². The predicted molar refractivity (Wildman–Crippen MR) is 126 cm³/mol. The molecule has 1 aromatic heterocycles. The van der Waals surface area contributed by atoms with Gasteiger partial charge < -0.3 is 24.4 Å². The summed E-state index contributed by atoms with van der Waals surface area (Å²) < 4.78 is 7.55. The van der Waals surface area contributed by atoms with Crippen LogP contribution in [0.4, 0.5) is 0 Å². The third kappa shape index (κ3) is 3.95. The van der Waals surface area contributed by atoms with E-state index in [1.54, 1.807) is 0 Å². The molecule has 3 saturated heterocycles. The summed E-state index contributed by atoms with van der Waals surface area (Å²) >= 11 is 0. The minimum Gasteiger partial charge on any atom is -0.378 e. The molecule has 3 atom stereocenters. The van der Waals surface area contributed by atoms with E-state index in [4.69, 9.17) is 4.74 Å². The highest BCUT2D eigenvalue weighted by Crippen LogP contribution is 2.39. The first-order valence-electron chi connectivity index (χ1n) is 12.1. The number of hydrogen-bond acceptors (Lipinski definition) is 5. The van der Waals surface area contributed by atoms with Crippen LogP contribution >= 0.6 is 0 Å². The smallest absolute Gasteiger partial charge is 0.256 e. The number of piperidine rings is 1. The zero-order valence-corrected chi connectivity index (χ0v) is 19.3. The van der Waals surface area contributed by atoms with Crippen molar-refractivity contribution in [3.8, 4) is 0 Å². The monoisotopic (exact) mass is 451 g/mol. The fraction of sp³-hybridized carbons (Fsp3) is 0.560. The summed E-state index contributed by atoms with van der Waals surface area (Å²) in [4.78, 5) is 35.1. The molecule has 4 heterocycles. The number of carbonyl (C=O) groups is 2. The summed E-state index contributed by atoms with van der Waals surface area (Å²) in [5.74, 6) is 0.621. The van der Waals surface area contributed by atoms with Gasteiger partial charge in [-0.3, -0.25) is 9.59 Å². The number of likely N-dealkylation sites (tertiary alicyclic amines) is 1. The first kappa shape index (κ1) is 22.1. The van der Waals surface area contributed by atoms with Crippen molar-refractivity contribution in [2.24, 2.45) is 5.92 Å². The van der Waals surface area contributed by atoms with Gasteiger partial charge in [0.25, 0.3) is 5.91 Å². The number of fused-ring (bicyclic) bond motifs is 2. The van der Waals surface area contributed by atoms with E-state index >= 15 is 0 Å². The maximum absolute atomic E-state index is 13.6. The lowest BCUT2D eigenvalue weighted by Gasteiger charge is -2.40. The lowest BCUT2D eigenvalue weighted by atomic mass is 9.77. The third-order valence-electron chi connectivity index (χ3n) is 7.43. The van der Waals surface area contributed by atoms with Crippen LogP contribution in [0.1, 0.15) is 41.6 Å². The van der Waals surface area contributed by atoms with Gasteiger partial charge in [-0.1, -0.05) is 6.08 Å². The molecule has 33 heavy (non-hydrogen) atoms. The lowest BCUT2D eigenvalue weighted by Crippen LogP contribution is -2.54. The molecule has 2 amide bonds. The number of nitrogens with one attached hydrogen (secondary N) is 1. The molecule has 0 bridgehead atoms. The number of amides is 2. The molecule has 0 aliphatic carbocycles. The normalized spacial score (nSPS) is 25.5. The van der Waals surface area contributed by atoms with E-state index in [1.165, 1.54) is 0 Å². The average molecular weight is 452 g/mol. The standard InChI is InChI=1S/C25H33N5O3/c1-3-5-8-30-15-20(18-6-7-26-23(18)25(30)32)17-13-19(24(31)29-9-11-33-12-10-29)22-21(14-17)28(4-2)16-27-22/h3,13-14,16,18,20,23,26H,1,4-12,15H2,2H3. The summed E-state index contributed by atoms with van der Waals surface area (Å²) in [6.45, 7) is 11.2. The molecular formula is C25H33N5O3. The molecule has 8 heteroatoms. The van der Waals surface area contributed by atoms with Crippen molar-refractivity contribution in [1.82, 2.24) is 24.7 Å². The Kier molecular flexibility index (Phi) is 6.21. The van der Waals surface area contributed by atoms with E-state index < -0.39 is 0 Å². The van der Waals surface area contributed by atoms with Crippen molar-refractivity contribution in [3.05, 3.63) is 42.2 Å². The second-order valence-corrected chi connectivity index (χ2v) is 9.22. The van der Waals surface area contributed by atoms with E-state index in [2.05, 4.69) is 40.5 Å². The van der Waals surface area contributed by atoms with Crippen molar-refractivity contribution in [2.75, 3.05) is 45.9 Å². The van der Waals surface area contributed by atoms with Gasteiger partial charge in [-0.25, -0.2) is 4.98 Å². The van der Waals surface area contributed by atoms with Gasteiger partial charge in [0.2, 0.25) is 5.91 Å². The molecule has 3 aliphatic heterocycles. The number of ether oxygens (including phenoxy) is 1. The second kappa shape index (κ2) is 9.27. The summed E-state index contributed by atoms with van der Waals surface area (Å²) in [7, 11) is 0. The van der Waals surface area contributed by atoms with Crippen molar-refractivity contribution in [1.29, 1.82) is 0 Å². The minimum absolute atomic E-state index is 0.0167. The highest BCUT2D eigenvalue weighted by molar-refractivity contribution is 6.05. The van der Waals surface area contributed by atoms with Crippen LogP contribution in [0, 0.1) is 5.92 Å². The van der Waals surface area contributed by atoms with Gasteiger partial charge in [-0.2, -0.15) is 0 Å². The van der Waals surface area contributed by atoms with Crippen molar-refractivity contribution in [3.63, 3.8) is 0 Å². The Balaban J connectivity index is 1.57. The summed E-state index contributed by atoms with van der Waals surface area (Å²) in [5, 5.41) is 3.43. The molecule has 3 unspecified atom stereocenters. The Hall–Kier alpha value is -2.71. The fourth-order valence-electron chi connectivity index (χ4n) is 5.64. The van der Waals surface area contributed by atoms with Crippen molar-refractivity contribution in [2.45, 2.75) is 38.3 Å². The van der Waals surface area contributed by atoms with Gasteiger partial charge in [0, 0.05) is 38.6 Å². The van der Waals surface area contributed by atoms with Crippen LogP contribution in [0.5, 0.6) is 0 Å². The quantitative estimate of drug-likeness (QED) is 0.680. The highest BCUT2D eigenvalue weighted by atomic mass is 16.5. The highest BCUT2D eigenvalue weighted by Gasteiger charge is 2.45. The van der Waals surface area contributed by atoms with Gasteiger partial charge in [-0.15, -0.1) is 6.58 Å². The van der Waals surface area contributed by atoms with Crippen molar-refractivity contribution >= 4 is 22.8 Å². The summed E-state index contributed by atoms with van der Waals surface area (Å²) in [5.41, 5.74) is 3.54. The second-order valence-electron chi connectivity index (χ2n) is 9.22. The maximum Gasteiger partial charge on any atom is 0.256 e. The van der Waals surface area contributed by atoms with E-state index in [1.807, 2.05) is 22.2 Å². The number of benzene rings is 1. The van der Waals surface area contributed by atoms with E-state index in [-0.39, 0.29) is 29.7 Å². The topological polar surface area (TPSA) is 79.7 Å². The Morgan fingerprint density at radius 1 is 1.33 bits per heavy atom. The first-order valence-corrected chi connectivity index (χ1v) is 12.1. The average Bonchev–Trinajstić information content (AvgIpc) is 3.51. The van der Waals surface area contributed by atoms with Gasteiger partial charge in [-0.05, 0) is 49.9 Å². The Morgan fingerprint density at radius 3 is 2.91 bits per heavy atom. The van der Waals surface area contributed by atoms with Crippen LogP contribution < -0.4 is 5.32 Å². The number of imidazole rings is 1. The van der Waals surface area contributed by atoms with E-state index in [9.17, 15) is 9.59 Å². The van der Waals surface area contributed by atoms with Crippen LogP contribution in [-0.4, -0.2) is 83.1 Å². The number of aryl methyl sites for hydroxylation is 1. The Morgan fingerprint density at radius 2 is 2.15 bits per heavy atom. The predicted octanol–water partition coefficient (Wildman–Crippen LogP) is 2.01. The molecule has 0 saturated carbocycles. The van der Waals surface area contributed by atoms with Gasteiger partial charge >= 0.3 is 0 Å². The van der Waals surface area contributed by atoms with Crippen LogP contribution in [0.3, 0.4) is 0 Å². The van der Waals surface area contributed by atoms with E-state index in [0.29, 0.717) is 45.0 Å². The molecule has 0 radical (unpaired) electrons. The van der Waals surface area contributed by atoms with Crippen LogP contribution in [0.25, 0.3) is 11.0 Å². The lowest BCUT2D eigenvalue weighted by molar-refractivity contribution is -0.137. The molecule has 1 N–H and O–H groups in total. The zero-order chi connectivity index (χ0) is 22.9. The number of carbonyl (C=O) groups excluding carboxylic acids is 2. The SMILES string of the molecule is C=CCCN1CC(c2cc(C(=O)N3CCOCC3)c3ncn(CC)c3c2)C2CCNC2C1=O. The molecular weight excluding hydrogens is 418 g/mol. The van der Waals surface area contributed by atoms with Crippen LogP contribution in [0.15, 0.2) is 31.1 Å². The minimum atomic E-state index is -0.154. The number of rotatable bonds is 6. The van der Waals surface area contributed by atoms with Gasteiger partial charge in [0.15, 0.2) is 0 Å². The van der Waals surface area contributed by atoms with Gasteiger partial charge in [0.1, 0.15) is 5.52 Å². The van der Waals surface area contributed by atoms with E-state index in [0.717, 1.165) is 42.5 Å². The van der Waals surface area contributed by atoms with Crippen LogP contribution in [-0.2, 0) is 16.1 Å². The molecule has 2 aromatic rings. The summed E-state index contributed by atoms with van der Waals surface area (Å²) in [6, 6.07) is 4.09. The number of nitrogens with zero attached hydrogens (tertiary/aromatic N) is 4. The molecule has 3 fully saturated rings. The number of morpholine rings is 1. The number of aromatic nitrogens is 2. The van der Waals surface area contributed by atoms with Gasteiger partial charge in [0.05, 0.1) is 36.7 Å². The molecule has 5 rings (SSSR count). The molecule has 0 spiro atoms. The number of hydrogen-bond donors (Lipinski definition) is 1. The molecule has 1 aromatic carbocycles. The molecule has 8 nitrogen and oxygen atoms in total.